The van der Waals surface area contributed by atoms with Crippen molar-refractivity contribution in [3.63, 3.8) is 0 Å². The molecule has 6 heteroatoms. The first-order valence-corrected chi connectivity index (χ1v) is 6.45. The molecule has 1 aliphatic heterocycles. The lowest BCUT2D eigenvalue weighted by atomic mass is 9.80. The SMILES string of the molecule is O=C(NCC1CC1)NCC1(C(=O)O)CCOCC1. The molecule has 0 aromatic carbocycles. The van der Waals surface area contributed by atoms with Gasteiger partial charge in [-0.05, 0) is 31.6 Å². The van der Waals surface area contributed by atoms with Crippen molar-refractivity contribution < 1.29 is 19.4 Å². The van der Waals surface area contributed by atoms with Crippen LogP contribution in [-0.4, -0.2) is 43.4 Å². The molecule has 2 amide bonds. The van der Waals surface area contributed by atoms with Crippen molar-refractivity contribution in [2.45, 2.75) is 25.7 Å². The van der Waals surface area contributed by atoms with E-state index < -0.39 is 11.4 Å². The fraction of sp³-hybridized carbons (Fsp3) is 0.833. The summed E-state index contributed by atoms with van der Waals surface area (Å²) in [6, 6.07) is -0.269. The summed E-state index contributed by atoms with van der Waals surface area (Å²) in [5.41, 5.74) is -0.866. The molecular formula is C12H20N2O4. The van der Waals surface area contributed by atoms with Crippen LogP contribution in [0.4, 0.5) is 4.79 Å². The maximum absolute atomic E-state index is 11.5. The van der Waals surface area contributed by atoms with Gasteiger partial charge in [-0.1, -0.05) is 0 Å². The van der Waals surface area contributed by atoms with Gasteiger partial charge < -0.3 is 20.5 Å². The Labute approximate surface area is 106 Å². The van der Waals surface area contributed by atoms with Crippen LogP contribution in [0.3, 0.4) is 0 Å². The monoisotopic (exact) mass is 256 g/mol. The summed E-state index contributed by atoms with van der Waals surface area (Å²) in [6.07, 6.45) is 3.25. The second-order valence-corrected chi connectivity index (χ2v) is 5.20. The summed E-state index contributed by atoms with van der Waals surface area (Å²) in [6.45, 7) is 1.74. The second-order valence-electron chi connectivity index (χ2n) is 5.20. The Balaban J connectivity index is 1.77. The predicted octanol–water partition coefficient (Wildman–Crippen LogP) is 0.577. The molecule has 0 bridgehead atoms. The van der Waals surface area contributed by atoms with Crippen LogP contribution in [0.5, 0.6) is 0 Å². The van der Waals surface area contributed by atoms with Gasteiger partial charge in [0.2, 0.25) is 0 Å². The first kappa shape index (κ1) is 13.1. The average molecular weight is 256 g/mol. The standard InChI is InChI=1S/C12H20N2O4/c15-10(16)12(3-5-18-6-4-12)8-14-11(17)13-7-9-1-2-9/h9H,1-8H2,(H,15,16)(H2,13,14,17). The molecule has 0 unspecified atom stereocenters. The number of amides is 2. The van der Waals surface area contributed by atoms with Gasteiger partial charge in [-0.15, -0.1) is 0 Å². The molecule has 0 atom stereocenters. The van der Waals surface area contributed by atoms with Crippen LogP contribution in [0.25, 0.3) is 0 Å². The summed E-state index contributed by atoms with van der Waals surface area (Å²) < 4.78 is 5.18. The quantitative estimate of drug-likeness (QED) is 0.671. The predicted molar refractivity (Wildman–Crippen MR) is 64.2 cm³/mol. The van der Waals surface area contributed by atoms with Crippen molar-refractivity contribution in [1.82, 2.24) is 10.6 Å². The molecule has 2 rings (SSSR count). The van der Waals surface area contributed by atoms with E-state index in [1.807, 2.05) is 0 Å². The van der Waals surface area contributed by atoms with Crippen LogP contribution in [0, 0.1) is 11.3 Å². The Morgan fingerprint density at radius 1 is 1.22 bits per heavy atom. The number of ether oxygens (including phenoxy) is 1. The highest BCUT2D eigenvalue weighted by Gasteiger charge is 2.40. The molecule has 1 aliphatic carbocycles. The first-order valence-electron chi connectivity index (χ1n) is 6.45. The molecule has 18 heavy (non-hydrogen) atoms. The zero-order valence-corrected chi connectivity index (χ0v) is 10.4. The summed E-state index contributed by atoms with van der Waals surface area (Å²) in [5, 5.41) is 14.7. The minimum atomic E-state index is -0.866. The van der Waals surface area contributed by atoms with Crippen LogP contribution < -0.4 is 10.6 Å². The first-order chi connectivity index (χ1) is 8.62. The maximum atomic E-state index is 11.5. The van der Waals surface area contributed by atoms with Crippen molar-refractivity contribution in [3.05, 3.63) is 0 Å². The number of nitrogens with one attached hydrogen (secondary N) is 2. The number of rotatable bonds is 5. The molecule has 0 aromatic heterocycles. The fourth-order valence-electron chi connectivity index (χ4n) is 2.10. The summed E-state index contributed by atoms with van der Waals surface area (Å²) in [5.74, 6) is -0.236. The van der Waals surface area contributed by atoms with Gasteiger partial charge >= 0.3 is 12.0 Å². The van der Waals surface area contributed by atoms with Crippen molar-refractivity contribution in [2.75, 3.05) is 26.3 Å². The number of carboxylic acid groups (broad SMARTS) is 1. The van der Waals surface area contributed by atoms with E-state index in [0.717, 1.165) is 0 Å². The minimum absolute atomic E-state index is 0.169. The van der Waals surface area contributed by atoms with Crippen LogP contribution in [0.15, 0.2) is 0 Å². The number of carboxylic acids is 1. The lowest BCUT2D eigenvalue weighted by molar-refractivity contribution is -0.154. The summed E-state index contributed by atoms with van der Waals surface area (Å²) in [4.78, 5) is 22.9. The van der Waals surface area contributed by atoms with E-state index in [9.17, 15) is 14.7 Å². The van der Waals surface area contributed by atoms with E-state index in [0.29, 0.717) is 38.5 Å². The van der Waals surface area contributed by atoms with E-state index in [1.54, 1.807) is 0 Å². The molecule has 6 nitrogen and oxygen atoms in total. The number of carbonyl (C=O) groups is 2. The van der Waals surface area contributed by atoms with Crippen LogP contribution in [0.1, 0.15) is 25.7 Å². The zero-order chi connectivity index (χ0) is 13.0. The van der Waals surface area contributed by atoms with Gasteiger partial charge in [-0.3, -0.25) is 4.79 Å². The lowest BCUT2D eigenvalue weighted by Gasteiger charge is -2.33. The molecule has 0 aromatic rings. The summed E-state index contributed by atoms with van der Waals surface area (Å²) in [7, 11) is 0. The van der Waals surface area contributed by atoms with Crippen molar-refractivity contribution in [1.29, 1.82) is 0 Å². The molecule has 2 aliphatic rings. The molecule has 0 radical (unpaired) electrons. The van der Waals surface area contributed by atoms with Crippen LogP contribution >= 0.6 is 0 Å². The highest BCUT2D eigenvalue weighted by Crippen LogP contribution is 2.30. The second kappa shape index (κ2) is 5.56. The van der Waals surface area contributed by atoms with E-state index >= 15 is 0 Å². The molecule has 1 heterocycles. The van der Waals surface area contributed by atoms with E-state index in [1.165, 1.54) is 12.8 Å². The summed E-state index contributed by atoms with van der Waals surface area (Å²) >= 11 is 0. The van der Waals surface area contributed by atoms with Gasteiger partial charge in [0.25, 0.3) is 0 Å². The zero-order valence-electron chi connectivity index (χ0n) is 10.4. The molecule has 102 valence electrons. The van der Waals surface area contributed by atoms with Crippen molar-refractivity contribution >= 4 is 12.0 Å². The number of aliphatic carboxylic acids is 1. The van der Waals surface area contributed by atoms with Crippen LogP contribution in [-0.2, 0) is 9.53 Å². The van der Waals surface area contributed by atoms with Gasteiger partial charge in [0.1, 0.15) is 0 Å². The number of hydrogen-bond acceptors (Lipinski definition) is 3. The molecule has 1 saturated carbocycles. The Morgan fingerprint density at radius 2 is 1.89 bits per heavy atom. The number of urea groups is 1. The topological polar surface area (TPSA) is 87.7 Å². The third kappa shape index (κ3) is 3.35. The highest BCUT2D eigenvalue weighted by molar-refractivity contribution is 5.78. The lowest BCUT2D eigenvalue weighted by Crippen LogP contribution is -2.49. The highest BCUT2D eigenvalue weighted by atomic mass is 16.5. The van der Waals surface area contributed by atoms with Crippen molar-refractivity contribution in [2.24, 2.45) is 11.3 Å². The Kier molecular flexibility index (Phi) is 4.06. The van der Waals surface area contributed by atoms with Gasteiger partial charge in [0.05, 0.1) is 5.41 Å². The Hall–Kier alpha value is -1.30. The number of hydrogen-bond donors (Lipinski definition) is 3. The minimum Gasteiger partial charge on any atom is -0.481 e. The molecular weight excluding hydrogens is 236 g/mol. The molecule has 1 saturated heterocycles. The maximum Gasteiger partial charge on any atom is 0.314 e. The van der Waals surface area contributed by atoms with E-state index in [4.69, 9.17) is 4.74 Å². The van der Waals surface area contributed by atoms with Gasteiger partial charge in [0.15, 0.2) is 0 Å². The van der Waals surface area contributed by atoms with E-state index in [2.05, 4.69) is 10.6 Å². The molecule has 2 fully saturated rings. The fourth-order valence-corrected chi connectivity index (χ4v) is 2.10. The Morgan fingerprint density at radius 3 is 2.44 bits per heavy atom. The normalized spacial score (nSPS) is 22.2. The molecule has 3 N–H and O–H groups in total. The Bertz CT molecular complexity index is 322. The third-order valence-corrected chi connectivity index (χ3v) is 3.74. The van der Waals surface area contributed by atoms with Crippen LogP contribution in [0.2, 0.25) is 0 Å². The van der Waals surface area contributed by atoms with Crippen molar-refractivity contribution in [3.8, 4) is 0 Å². The average Bonchev–Trinajstić information content (AvgIpc) is 3.19. The van der Waals surface area contributed by atoms with Gasteiger partial charge in [-0.25, -0.2) is 4.79 Å². The molecule has 0 spiro atoms. The largest absolute Gasteiger partial charge is 0.481 e. The number of carbonyl (C=O) groups excluding carboxylic acids is 1. The van der Waals surface area contributed by atoms with E-state index in [-0.39, 0.29) is 12.6 Å². The van der Waals surface area contributed by atoms with Gasteiger partial charge in [0, 0.05) is 26.3 Å². The third-order valence-electron chi connectivity index (χ3n) is 3.74. The smallest absolute Gasteiger partial charge is 0.314 e. The van der Waals surface area contributed by atoms with Gasteiger partial charge in [-0.2, -0.15) is 0 Å².